The lowest BCUT2D eigenvalue weighted by Crippen LogP contribution is -2.39. The van der Waals surface area contributed by atoms with E-state index in [1.165, 1.54) is 11.8 Å². The van der Waals surface area contributed by atoms with Crippen LogP contribution >= 0.6 is 24.0 Å². The molecule has 2 saturated heterocycles. The molecule has 0 atom stereocenters. The van der Waals surface area contributed by atoms with Crippen LogP contribution in [0, 0.1) is 24.2 Å². The summed E-state index contributed by atoms with van der Waals surface area (Å²) < 4.78 is 7.36. The lowest BCUT2D eigenvalue weighted by atomic mass is 9.97. The second-order valence-corrected chi connectivity index (χ2v) is 10.3. The van der Waals surface area contributed by atoms with E-state index in [9.17, 15) is 14.9 Å². The zero-order valence-electron chi connectivity index (χ0n) is 19.8. The topological polar surface area (TPSA) is 78.6 Å². The zero-order valence-corrected chi connectivity index (χ0v) is 21.5. The number of thiocarbonyl (C=S) groups is 1. The molecule has 0 N–H and O–H groups in total. The van der Waals surface area contributed by atoms with Gasteiger partial charge in [0.1, 0.15) is 21.8 Å². The van der Waals surface area contributed by atoms with Crippen molar-refractivity contribution >= 4 is 46.1 Å². The summed E-state index contributed by atoms with van der Waals surface area (Å²) in [4.78, 5) is 30.7. The summed E-state index contributed by atoms with van der Waals surface area (Å²) in [6.07, 6.45) is 5.69. The molecule has 3 heterocycles. The van der Waals surface area contributed by atoms with Crippen LogP contribution in [0.4, 0.5) is 5.82 Å². The number of hydrogen-bond donors (Lipinski definition) is 0. The van der Waals surface area contributed by atoms with Crippen molar-refractivity contribution in [2.75, 3.05) is 38.3 Å². The van der Waals surface area contributed by atoms with Gasteiger partial charge in [0.2, 0.25) is 0 Å². The maximum atomic E-state index is 13.3. The number of methoxy groups -OCH3 is 1. The van der Waals surface area contributed by atoms with Crippen molar-refractivity contribution in [2.45, 2.75) is 53.0 Å². The normalized spacial score (nSPS) is 18.5. The number of ether oxygens (including phenoxy) is 1. The second-order valence-electron chi connectivity index (χ2n) is 8.66. The second kappa shape index (κ2) is 11.3. The Hall–Kier alpha value is -2.15. The van der Waals surface area contributed by atoms with Crippen molar-refractivity contribution in [1.29, 1.82) is 5.26 Å². The number of pyridine rings is 1. The fourth-order valence-electron chi connectivity index (χ4n) is 4.24. The molecular weight excluding hydrogens is 456 g/mol. The van der Waals surface area contributed by atoms with Gasteiger partial charge in [0.05, 0.1) is 18.1 Å². The molecule has 0 bridgehead atoms. The number of piperidine rings is 1. The Kier molecular flexibility index (Phi) is 8.74. The maximum Gasteiger partial charge on any atom is 0.270 e. The van der Waals surface area contributed by atoms with Crippen LogP contribution in [0.5, 0.6) is 0 Å². The van der Waals surface area contributed by atoms with Crippen molar-refractivity contribution < 1.29 is 9.53 Å². The van der Waals surface area contributed by atoms with Gasteiger partial charge in [-0.1, -0.05) is 44.2 Å². The van der Waals surface area contributed by atoms with Crippen molar-refractivity contribution in [3.63, 3.8) is 0 Å². The SMILES string of the molecule is CCCCn1c(N2CCC(C)CC2)c(/C=C2\SC(=S)N(CCOC)C2=O)c(C)c(C#N)c1=O. The highest BCUT2D eigenvalue weighted by Gasteiger charge is 2.33. The monoisotopic (exact) mass is 488 g/mol. The van der Waals surface area contributed by atoms with Gasteiger partial charge in [-0.2, -0.15) is 5.26 Å². The Balaban J connectivity index is 2.18. The quantitative estimate of drug-likeness (QED) is 0.405. The number of anilines is 1. The van der Waals surface area contributed by atoms with E-state index in [0.717, 1.165) is 50.2 Å². The van der Waals surface area contributed by atoms with Crippen molar-refractivity contribution in [3.05, 3.63) is 31.9 Å². The third-order valence-electron chi connectivity index (χ3n) is 6.33. The molecular formula is C24H32N4O3S2. The largest absolute Gasteiger partial charge is 0.383 e. The first-order valence-electron chi connectivity index (χ1n) is 11.5. The number of nitriles is 1. The number of hydrogen-bond acceptors (Lipinski definition) is 7. The molecule has 1 aromatic heterocycles. The molecule has 7 nitrogen and oxygen atoms in total. The van der Waals surface area contributed by atoms with Crippen LogP contribution in [-0.4, -0.2) is 53.0 Å². The van der Waals surface area contributed by atoms with E-state index in [2.05, 4.69) is 24.8 Å². The highest BCUT2D eigenvalue weighted by molar-refractivity contribution is 8.26. The smallest absolute Gasteiger partial charge is 0.270 e. The van der Waals surface area contributed by atoms with Crippen LogP contribution < -0.4 is 10.5 Å². The number of carbonyl (C=O) groups excluding carboxylic acids is 1. The predicted molar refractivity (Wildman–Crippen MR) is 137 cm³/mol. The van der Waals surface area contributed by atoms with E-state index < -0.39 is 0 Å². The third-order valence-corrected chi connectivity index (χ3v) is 7.71. The Morgan fingerprint density at radius 1 is 1.27 bits per heavy atom. The van der Waals surface area contributed by atoms with Crippen molar-refractivity contribution in [3.8, 4) is 6.07 Å². The lowest BCUT2D eigenvalue weighted by Gasteiger charge is -2.35. The first-order chi connectivity index (χ1) is 15.8. The van der Waals surface area contributed by atoms with Crippen molar-refractivity contribution in [2.24, 2.45) is 5.92 Å². The Morgan fingerprint density at radius 3 is 2.58 bits per heavy atom. The van der Waals surface area contributed by atoms with Crippen LogP contribution in [0.3, 0.4) is 0 Å². The zero-order chi connectivity index (χ0) is 24.1. The maximum absolute atomic E-state index is 13.3. The van der Waals surface area contributed by atoms with Gasteiger partial charge in [0, 0.05) is 32.3 Å². The fourth-order valence-corrected chi connectivity index (χ4v) is 5.53. The first kappa shape index (κ1) is 25.5. The Labute approximate surface area is 205 Å². The predicted octanol–water partition coefficient (Wildman–Crippen LogP) is 3.91. The summed E-state index contributed by atoms with van der Waals surface area (Å²) in [5, 5.41) is 9.79. The molecule has 0 spiro atoms. The van der Waals surface area contributed by atoms with Gasteiger partial charge in [-0.3, -0.25) is 19.1 Å². The van der Waals surface area contributed by atoms with Gasteiger partial charge in [0.15, 0.2) is 0 Å². The molecule has 2 aliphatic heterocycles. The molecule has 33 heavy (non-hydrogen) atoms. The Morgan fingerprint density at radius 2 is 1.97 bits per heavy atom. The molecule has 2 aliphatic rings. The van der Waals surface area contributed by atoms with Crippen LogP contribution in [0.1, 0.15) is 56.2 Å². The molecule has 0 saturated carbocycles. The third kappa shape index (κ3) is 5.34. The highest BCUT2D eigenvalue weighted by Crippen LogP contribution is 2.36. The first-order valence-corrected chi connectivity index (χ1v) is 12.7. The number of rotatable bonds is 8. The van der Waals surface area contributed by atoms with Gasteiger partial charge in [0.25, 0.3) is 11.5 Å². The summed E-state index contributed by atoms with van der Waals surface area (Å²) in [5.74, 6) is 1.29. The molecule has 2 fully saturated rings. The summed E-state index contributed by atoms with van der Waals surface area (Å²) in [7, 11) is 1.59. The molecule has 1 amide bonds. The van der Waals surface area contributed by atoms with E-state index in [4.69, 9.17) is 17.0 Å². The van der Waals surface area contributed by atoms with E-state index in [1.54, 1.807) is 23.5 Å². The van der Waals surface area contributed by atoms with Crippen LogP contribution in [0.25, 0.3) is 6.08 Å². The van der Waals surface area contributed by atoms with Crippen LogP contribution in [0.15, 0.2) is 9.70 Å². The van der Waals surface area contributed by atoms with E-state index in [-0.39, 0.29) is 17.0 Å². The van der Waals surface area contributed by atoms with Gasteiger partial charge in [-0.15, -0.1) is 0 Å². The molecule has 1 aromatic rings. The van der Waals surface area contributed by atoms with E-state index in [1.807, 2.05) is 6.08 Å². The standard InChI is InChI=1S/C24H32N4O3S2/c1-5-6-9-27-21(26-10-7-16(2)8-11-26)18(17(3)19(15-25)22(27)29)14-20-23(30)28(12-13-31-4)24(32)33-20/h14,16H,5-13H2,1-4H3/b20-14-. The molecule has 0 unspecified atom stereocenters. The highest BCUT2D eigenvalue weighted by atomic mass is 32.2. The number of unbranched alkanes of at least 4 members (excludes halogenated alkanes) is 1. The number of nitrogens with zero attached hydrogens (tertiary/aromatic N) is 4. The minimum atomic E-state index is -0.248. The average Bonchev–Trinajstić information content (AvgIpc) is 3.06. The minimum absolute atomic E-state index is 0.140. The summed E-state index contributed by atoms with van der Waals surface area (Å²) >= 11 is 6.69. The number of carbonyl (C=O) groups is 1. The number of amides is 1. The molecule has 9 heteroatoms. The van der Waals surface area contributed by atoms with Gasteiger partial charge >= 0.3 is 0 Å². The fraction of sp³-hybridized carbons (Fsp3) is 0.583. The molecule has 178 valence electrons. The summed E-state index contributed by atoms with van der Waals surface area (Å²) in [6.45, 7) is 9.15. The number of thioether (sulfide) groups is 1. The summed E-state index contributed by atoms with van der Waals surface area (Å²) in [5.41, 5.74) is 1.28. The molecule has 3 rings (SSSR count). The lowest BCUT2D eigenvalue weighted by molar-refractivity contribution is -0.122. The molecule has 0 aromatic carbocycles. The van der Waals surface area contributed by atoms with E-state index in [0.29, 0.717) is 40.4 Å². The molecule has 0 aliphatic carbocycles. The van der Waals surface area contributed by atoms with Crippen LogP contribution in [0.2, 0.25) is 0 Å². The Bertz CT molecular complexity index is 1050. The van der Waals surface area contributed by atoms with Gasteiger partial charge < -0.3 is 9.64 Å². The molecule has 0 radical (unpaired) electrons. The van der Waals surface area contributed by atoms with Gasteiger partial charge in [-0.25, -0.2) is 0 Å². The van der Waals surface area contributed by atoms with Gasteiger partial charge in [-0.05, 0) is 43.7 Å². The minimum Gasteiger partial charge on any atom is -0.383 e. The van der Waals surface area contributed by atoms with E-state index >= 15 is 0 Å². The number of aromatic nitrogens is 1. The summed E-state index contributed by atoms with van der Waals surface area (Å²) in [6, 6.07) is 2.11. The van der Waals surface area contributed by atoms with Crippen molar-refractivity contribution in [1.82, 2.24) is 9.47 Å². The van der Waals surface area contributed by atoms with Crippen LogP contribution in [-0.2, 0) is 16.1 Å². The average molecular weight is 489 g/mol.